The highest BCUT2D eigenvalue weighted by molar-refractivity contribution is 5.93. The summed E-state index contributed by atoms with van der Waals surface area (Å²) in [6, 6.07) is 14.6. The normalized spacial score (nSPS) is 21.5. The fraction of sp³-hybridized carbons (Fsp3) is 0.576. The summed E-state index contributed by atoms with van der Waals surface area (Å²) < 4.78 is 12.0. The maximum Gasteiger partial charge on any atom is 0.224 e. The number of fused-ring (bicyclic) bond motifs is 1. The lowest BCUT2D eigenvalue weighted by molar-refractivity contribution is -0.116. The minimum absolute atomic E-state index is 0.0171. The van der Waals surface area contributed by atoms with Gasteiger partial charge in [-0.25, -0.2) is 0 Å². The molecule has 2 aromatic carbocycles. The third kappa shape index (κ3) is 8.52. The molecule has 2 aliphatic rings. The van der Waals surface area contributed by atoms with Crippen molar-refractivity contribution in [2.75, 3.05) is 56.3 Å². The van der Waals surface area contributed by atoms with Crippen molar-refractivity contribution in [3.8, 4) is 17.6 Å². The number of piperidine rings is 1. The fourth-order valence-electron chi connectivity index (χ4n) is 5.82. The average molecular weight is 577 g/mol. The van der Waals surface area contributed by atoms with E-state index in [9.17, 15) is 10.1 Å². The van der Waals surface area contributed by atoms with E-state index in [4.69, 9.17) is 9.47 Å². The zero-order valence-electron chi connectivity index (χ0n) is 25.7. The minimum atomic E-state index is -0.313. The molecule has 2 aromatic rings. The molecule has 4 rings (SSSR count). The molecule has 228 valence electrons. The van der Waals surface area contributed by atoms with Crippen molar-refractivity contribution in [2.45, 2.75) is 76.9 Å². The Morgan fingerprint density at radius 1 is 1.14 bits per heavy atom. The molecule has 0 aromatic heterocycles. The molecule has 0 radical (unpaired) electrons. The van der Waals surface area contributed by atoms with Crippen LogP contribution in [0, 0.1) is 17.2 Å². The first kappa shape index (κ1) is 31.5. The van der Waals surface area contributed by atoms with Crippen LogP contribution in [0.3, 0.4) is 0 Å². The van der Waals surface area contributed by atoms with Crippen LogP contribution in [0.4, 0.5) is 17.1 Å². The summed E-state index contributed by atoms with van der Waals surface area (Å²) in [5.41, 5.74) is 3.40. The molecular weight excluding hydrogens is 528 g/mol. The lowest BCUT2D eigenvalue weighted by Gasteiger charge is -2.38. The second-order valence-electron chi connectivity index (χ2n) is 11.6. The Kier molecular flexibility index (Phi) is 11.7. The van der Waals surface area contributed by atoms with Crippen LogP contribution in [0.5, 0.6) is 11.5 Å². The molecule has 4 unspecified atom stereocenters. The van der Waals surface area contributed by atoms with Gasteiger partial charge in [-0.05, 0) is 90.1 Å². The highest BCUT2D eigenvalue weighted by atomic mass is 16.5. The molecule has 4 atom stereocenters. The highest BCUT2D eigenvalue weighted by Gasteiger charge is 2.37. The van der Waals surface area contributed by atoms with Crippen LogP contribution >= 0.6 is 0 Å². The number of carbonyl (C=O) groups is 1. The first-order valence-corrected chi connectivity index (χ1v) is 15.6. The first-order valence-electron chi connectivity index (χ1n) is 15.6. The van der Waals surface area contributed by atoms with Gasteiger partial charge >= 0.3 is 0 Å². The van der Waals surface area contributed by atoms with Gasteiger partial charge in [-0.3, -0.25) is 4.79 Å². The number of benzene rings is 2. The van der Waals surface area contributed by atoms with E-state index < -0.39 is 0 Å². The van der Waals surface area contributed by atoms with Crippen molar-refractivity contribution in [1.29, 1.82) is 5.26 Å². The summed E-state index contributed by atoms with van der Waals surface area (Å²) in [5, 5.41) is 24.2. The van der Waals surface area contributed by atoms with Crippen molar-refractivity contribution in [3.05, 3.63) is 42.0 Å². The zero-order chi connectivity index (χ0) is 29.9. The number of anilines is 3. The topological polar surface area (TPSA) is 111 Å². The molecule has 1 saturated heterocycles. The zero-order valence-corrected chi connectivity index (χ0v) is 25.7. The molecule has 0 spiro atoms. The molecule has 1 amide bonds. The van der Waals surface area contributed by atoms with Crippen molar-refractivity contribution < 1.29 is 14.3 Å². The highest BCUT2D eigenvalue weighted by Crippen LogP contribution is 2.44. The second-order valence-corrected chi connectivity index (χ2v) is 11.6. The number of hydrogen-bond acceptors (Lipinski definition) is 8. The largest absolute Gasteiger partial charge is 0.492 e. The van der Waals surface area contributed by atoms with Gasteiger partial charge in [0.1, 0.15) is 18.1 Å². The Labute approximate surface area is 251 Å². The SMILES string of the molecule is CCCC1Nc2cc(OCC)c(NC(=O)CCCN(C)C)cc2C(Nc2ccc(OCC3CCCCN3)cc2)C1C#N. The minimum Gasteiger partial charge on any atom is -0.492 e. The molecular formula is C33H48N6O3. The van der Waals surface area contributed by atoms with Crippen LogP contribution in [-0.4, -0.2) is 63.3 Å². The fourth-order valence-corrected chi connectivity index (χ4v) is 5.82. The summed E-state index contributed by atoms with van der Waals surface area (Å²) in [6.07, 6.45) is 6.64. The van der Waals surface area contributed by atoms with Crippen molar-refractivity contribution in [3.63, 3.8) is 0 Å². The standard InChI is InChI=1S/C33H48N6O3/c1-5-10-28-27(21-34)33(36-23-13-15-25(16-14-23)42-22-24-11-7-8-17-35-24)26-19-30(31(41-6-2)20-29(26)37-28)38-32(40)12-9-18-39(3)4/h13-16,19-20,24,27-28,33,35-37H,5-12,17-18,22H2,1-4H3,(H,38,40). The second kappa shape index (κ2) is 15.7. The van der Waals surface area contributed by atoms with Gasteiger partial charge < -0.3 is 35.6 Å². The van der Waals surface area contributed by atoms with Gasteiger partial charge in [0.25, 0.3) is 0 Å². The molecule has 2 heterocycles. The van der Waals surface area contributed by atoms with Crippen molar-refractivity contribution in [2.24, 2.45) is 5.92 Å². The Balaban J connectivity index is 1.56. The Morgan fingerprint density at radius 3 is 2.62 bits per heavy atom. The maximum atomic E-state index is 12.9. The Morgan fingerprint density at radius 2 is 1.95 bits per heavy atom. The number of ether oxygens (including phenoxy) is 2. The van der Waals surface area contributed by atoms with Gasteiger partial charge in [0.2, 0.25) is 5.91 Å². The first-order chi connectivity index (χ1) is 20.4. The molecule has 1 fully saturated rings. The number of hydrogen-bond donors (Lipinski definition) is 4. The third-order valence-electron chi connectivity index (χ3n) is 7.99. The van der Waals surface area contributed by atoms with E-state index in [0.29, 0.717) is 37.1 Å². The summed E-state index contributed by atoms with van der Waals surface area (Å²) >= 11 is 0. The lowest BCUT2D eigenvalue weighted by atomic mass is 9.81. The number of amides is 1. The smallest absolute Gasteiger partial charge is 0.224 e. The molecule has 0 bridgehead atoms. The van der Waals surface area contributed by atoms with E-state index in [0.717, 1.165) is 61.5 Å². The van der Waals surface area contributed by atoms with Crippen LogP contribution in [0.2, 0.25) is 0 Å². The van der Waals surface area contributed by atoms with E-state index in [1.807, 2.05) is 57.4 Å². The molecule has 0 saturated carbocycles. The Bertz CT molecular complexity index is 1190. The van der Waals surface area contributed by atoms with Gasteiger partial charge in [0.15, 0.2) is 0 Å². The summed E-state index contributed by atoms with van der Waals surface area (Å²) in [6.45, 7) is 7.11. The van der Waals surface area contributed by atoms with E-state index in [2.05, 4.69) is 39.2 Å². The van der Waals surface area contributed by atoms with E-state index in [-0.39, 0.29) is 23.9 Å². The quantitative estimate of drug-likeness (QED) is 0.224. The van der Waals surface area contributed by atoms with Gasteiger partial charge in [0.05, 0.1) is 30.3 Å². The van der Waals surface area contributed by atoms with Gasteiger partial charge in [-0.15, -0.1) is 0 Å². The molecule has 42 heavy (non-hydrogen) atoms. The predicted octanol–water partition coefficient (Wildman–Crippen LogP) is 5.77. The van der Waals surface area contributed by atoms with Gasteiger partial charge in [0, 0.05) is 41.5 Å². The summed E-state index contributed by atoms with van der Waals surface area (Å²) in [4.78, 5) is 14.9. The average Bonchev–Trinajstić information content (AvgIpc) is 2.98. The molecule has 9 heteroatoms. The summed E-state index contributed by atoms with van der Waals surface area (Å²) in [5.74, 6) is 1.10. The predicted molar refractivity (Wildman–Crippen MR) is 169 cm³/mol. The molecule has 2 aliphatic heterocycles. The summed E-state index contributed by atoms with van der Waals surface area (Å²) in [7, 11) is 4.00. The van der Waals surface area contributed by atoms with Gasteiger partial charge in [-0.2, -0.15) is 5.26 Å². The van der Waals surface area contributed by atoms with E-state index >= 15 is 0 Å². The molecule has 4 N–H and O–H groups in total. The van der Waals surface area contributed by atoms with E-state index in [1.54, 1.807) is 0 Å². The Hall–Kier alpha value is -3.48. The van der Waals surface area contributed by atoms with Crippen molar-refractivity contribution in [1.82, 2.24) is 10.2 Å². The lowest BCUT2D eigenvalue weighted by Crippen LogP contribution is -2.40. The number of nitrogens with zero attached hydrogens (tertiary/aromatic N) is 2. The number of carbonyl (C=O) groups excluding carboxylic acids is 1. The third-order valence-corrected chi connectivity index (χ3v) is 7.99. The van der Waals surface area contributed by atoms with Crippen LogP contribution < -0.4 is 30.7 Å². The molecule has 9 nitrogen and oxygen atoms in total. The van der Waals surface area contributed by atoms with Crippen LogP contribution in [0.1, 0.15) is 70.4 Å². The van der Waals surface area contributed by atoms with Crippen LogP contribution in [0.15, 0.2) is 36.4 Å². The van der Waals surface area contributed by atoms with Crippen LogP contribution in [0.25, 0.3) is 0 Å². The van der Waals surface area contributed by atoms with Crippen LogP contribution in [-0.2, 0) is 4.79 Å². The number of nitrogens with one attached hydrogen (secondary N) is 4. The van der Waals surface area contributed by atoms with Gasteiger partial charge in [-0.1, -0.05) is 19.8 Å². The maximum absolute atomic E-state index is 12.9. The number of nitriles is 1. The number of rotatable bonds is 14. The molecule has 0 aliphatic carbocycles. The van der Waals surface area contributed by atoms with Crippen molar-refractivity contribution >= 4 is 23.0 Å². The monoisotopic (exact) mass is 576 g/mol. The van der Waals surface area contributed by atoms with E-state index in [1.165, 1.54) is 12.8 Å².